The summed E-state index contributed by atoms with van der Waals surface area (Å²) in [6.45, 7) is 0. The van der Waals surface area contributed by atoms with Crippen molar-refractivity contribution >= 4 is 17.8 Å². The number of carboxylic acid groups (broad SMARTS) is 1. The lowest BCUT2D eigenvalue weighted by molar-refractivity contribution is -0.157. The second-order valence-corrected chi connectivity index (χ2v) is 5.00. The minimum Gasteiger partial charge on any atom is -0.479 e. The zero-order valence-corrected chi connectivity index (χ0v) is 9.26. The number of aliphatic carboxylic acids is 1. The first-order valence-electron chi connectivity index (χ1n) is 5.84. The Morgan fingerprint density at radius 2 is 1.65 bits per heavy atom. The van der Waals surface area contributed by atoms with Crippen molar-refractivity contribution in [3.05, 3.63) is 12.2 Å². The Morgan fingerprint density at radius 3 is 2.00 bits per heavy atom. The van der Waals surface area contributed by atoms with Gasteiger partial charge in [-0.25, -0.2) is 4.79 Å². The highest BCUT2D eigenvalue weighted by molar-refractivity contribution is 6.10. The summed E-state index contributed by atoms with van der Waals surface area (Å²) >= 11 is 0. The Hall–Kier alpha value is -1.65. The summed E-state index contributed by atoms with van der Waals surface area (Å²) < 4.78 is 0. The van der Waals surface area contributed by atoms with Crippen molar-refractivity contribution in [1.29, 1.82) is 0 Å². The number of carboxylic acids is 1. The molecule has 1 heterocycles. The number of nitrogens with zero attached hydrogens (tertiary/aromatic N) is 1. The van der Waals surface area contributed by atoms with Crippen molar-refractivity contribution in [2.24, 2.45) is 11.8 Å². The van der Waals surface area contributed by atoms with Crippen LogP contribution in [0.2, 0.25) is 0 Å². The molecule has 0 aromatic heterocycles. The van der Waals surface area contributed by atoms with E-state index in [2.05, 4.69) is 0 Å². The fourth-order valence-electron chi connectivity index (χ4n) is 2.87. The monoisotopic (exact) mass is 235 g/mol. The van der Waals surface area contributed by atoms with Crippen LogP contribution in [-0.2, 0) is 14.4 Å². The molecule has 2 aliphatic carbocycles. The third-order valence-electron chi connectivity index (χ3n) is 4.06. The molecule has 3 aliphatic rings. The summed E-state index contributed by atoms with van der Waals surface area (Å²) in [6.07, 6.45) is 5.70. The lowest BCUT2D eigenvalue weighted by atomic mass is 9.85. The van der Waals surface area contributed by atoms with E-state index < -0.39 is 11.5 Å². The van der Waals surface area contributed by atoms with Crippen molar-refractivity contribution in [3.8, 4) is 0 Å². The molecule has 2 atom stereocenters. The van der Waals surface area contributed by atoms with Crippen LogP contribution in [0.15, 0.2) is 12.2 Å². The summed E-state index contributed by atoms with van der Waals surface area (Å²) in [5.74, 6) is -2.28. The van der Waals surface area contributed by atoms with E-state index in [1.165, 1.54) is 0 Å². The van der Waals surface area contributed by atoms with E-state index in [1.54, 1.807) is 0 Å². The minimum absolute atomic E-state index is 0.288. The van der Waals surface area contributed by atoms with Gasteiger partial charge in [0, 0.05) is 0 Å². The molecule has 0 unspecified atom stereocenters. The fourth-order valence-corrected chi connectivity index (χ4v) is 2.87. The summed E-state index contributed by atoms with van der Waals surface area (Å²) in [6, 6.07) is 0. The molecular weight excluding hydrogens is 222 g/mol. The average Bonchev–Trinajstić information content (AvgIpc) is 3.06. The molecule has 5 heteroatoms. The van der Waals surface area contributed by atoms with Crippen LogP contribution in [0.25, 0.3) is 0 Å². The molecule has 2 amide bonds. The Balaban J connectivity index is 1.96. The number of hydrogen-bond acceptors (Lipinski definition) is 3. The van der Waals surface area contributed by atoms with E-state index in [0.29, 0.717) is 25.7 Å². The molecule has 0 spiro atoms. The van der Waals surface area contributed by atoms with Crippen LogP contribution in [0.5, 0.6) is 0 Å². The second kappa shape index (κ2) is 3.18. The van der Waals surface area contributed by atoms with Crippen molar-refractivity contribution in [2.45, 2.75) is 31.2 Å². The van der Waals surface area contributed by atoms with Gasteiger partial charge in [-0.1, -0.05) is 12.2 Å². The Morgan fingerprint density at radius 1 is 1.18 bits per heavy atom. The highest BCUT2D eigenvalue weighted by Crippen LogP contribution is 2.48. The summed E-state index contributed by atoms with van der Waals surface area (Å²) in [7, 11) is 0. The molecule has 0 bridgehead atoms. The van der Waals surface area contributed by atoms with Crippen LogP contribution in [-0.4, -0.2) is 33.3 Å². The van der Waals surface area contributed by atoms with Gasteiger partial charge in [0.05, 0.1) is 11.8 Å². The van der Waals surface area contributed by atoms with Gasteiger partial charge in [0.15, 0.2) is 0 Å². The Labute approximate surface area is 98.1 Å². The number of allylic oxidation sites excluding steroid dienone is 2. The minimum atomic E-state index is -1.22. The van der Waals surface area contributed by atoms with Crippen molar-refractivity contribution in [3.63, 3.8) is 0 Å². The molecule has 2 fully saturated rings. The number of carbonyl (C=O) groups is 3. The van der Waals surface area contributed by atoms with E-state index in [0.717, 1.165) is 4.90 Å². The third-order valence-corrected chi connectivity index (χ3v) is 4.06. The van der Waals surface area contributed by atoms with Crippen LogP contribution in [0.1, 0.15) is 25.7 Å². The Kier molecular flexibility index (Phi) is 1.97. The topological polar surface area (TPSA) is 74.7 Å². The van der Waals surface area contributed by atoms with E-state index in [-0.39, 0.29) is 23.7 Å². The number of hydrogen-bond donors (Lipinski definition) is 1. The van der Waals surface area contributed by atoms with E-state index >= 15 is 0 Å². The number of imide groups is 1. The second-order valence-electron chi connectivity index (χ2n) is 5.00. The van der Waals surface area contributed by atoms with Gasteiger partial charge < -0.3 is 5.11 Å². The SMILES string of the molecule is O=C1[C@H]2CC=CC[C@H]2C(=O)N1C1(C(=O)O)CC1. The van der Waals surface area contributed by atoms with E-state index in [1.807, 2.05) is 12.2 Å². The van der Waals surface area contributed by atoms with Crippen LogP contribution in [0.3, 0.4) is 0 Å². The molecule has 1 N–H and O–H groups in total. The molecule has 90 valence electrons. The molecule has 0 radical (unpaired) electrons. The van der Waals surface area contributed by atoms with E-state index in [9.17, 15) is 19.5 Å². The number of amides is 2. The molecule has 1 saturated heterocycles. The normalized spacial score (nSPS) is 33.8. The van der Waals surface area contributed by atoms with Crippen LogP contribution >= 0.6 is 0 Å². The average molecular weight is 235 g/mol. The number of carbonyl (C=O) groups excluding carboxylic acids is 2. The van der Waals surface area contributed by atoms with Gasteiger partial charge >= 0.3 is 5.97 Å². The molecule has 1 saturated carbocycles. The predicted octanol–water partition coefficient (Wildman–Crippen LogP) is 0.555. The zero-order valence-electron chi connectivity index (χ0n) is 9.26. The van der Waals surface area contributed by atoms with Crippen LogP contribution in [0, 0.1) is 11.8 Å². The molecule has 1 aliphatic heterocycles. The molecule has 3 rings (SSSR count). The first-order valence-corrected chi connectivity index (χ1v) is 5.84. The number of likely N-dealkylation sites (tertiary alicyclic amines) is 1. The van der Waals surface area contributed by atoms with Gasteiger partial charge in [0.25, 0.3) is 0 Å². The summed E-state index contributed by atoms with van der Waals surface area (Å²) in [5.41, 5.74) is -1.22. The number of fused-ring (bicyclic) bond motifs is 1. The molecule has 0 aromatic carbocycles. The van der Waals surface area contributed by atoms with Crippen molar-refractivity contribution in [2.75, 3.05) is 0 Å². The zero-order chi connectivity index (χ0) is 12.2. The predicted molar refractivity (Wildman–Crippen MR) is 56.8 cm³/mol. The van der Waals surface area contributed by atoms with Gasteiger partial charge in [-0.05, 0) is 25.7 Å². The standard InChI is InChI=1S/C12H13NO4/c14-9-7-3-1-2-4-8(7)10(15)13(9)12(5-6-12)11(16)17/h1-2,7-8H,3-6H2,(H,16,17)/t7-,8+. The fraction of sp³-hybridized carbons (Fsp3) is 0.583. The number of rotatable bonds is 2. The maximum atomic E-state index is 12.1. The first kappa shape index (κ1) is 10.5. The first-order chi connectivity index (χ1) is 8.08. The van der Waals surface area contributed by atoms with Gasteiger partial charge in [-0.3, -0.25) is 14.5 Å². The van der Waals surface area contributed by atoms with Gasteiger partial charge in [-0.2, -0.15) is 0 Å². The van der Waals surface area contributed by atoms with Gasteiger partial charge in [-0.15, -0.1) is 0 Å². The molecule has 17 heavy (non-hydrogen) atoms. The maximum absolute atomic E-state index is 12.1. The summed E-state index contributed by atoms with van der Waals surface area (Å²) in [5, 5.41) is 9.17. The summed E-state index contributed by atoms with van der Waals surface area (Å²) in [4.78, 5) is 36.5. The lowest BCUT2D eigenvalue weighted by Crippen LogP contribution is -2.47. The van der Waals surface area contributed by atoms with Crippen molar-refractivity contribution < 1.29 is 19.5 Å². The van der Waals surface area contributed by atoms with Gasteiger partial charge in [0.1, 0.15) is 5.54 Å². The van der Waals surface area contributed by atoms with Crippen LogP contribution in [0.4, 0.5) is 0 Å². The molecular formula is C12H13NO4. The van der Waals surface area contributed by atoms with E-state index in [4.69, 9.17) is 0 Å². The molecule has 5 nitrogen and oxygen atoms in total. The van der Waals surface area contributed by atoms with Gasteiger partial charge in [0.2, 0.25) is 11.8 Å². The third kappa shape index (κ3) is 1.22. The molecule has 0 aromatic rings. The maximum Gasteiger partial charge on any atom is 0.330 e. The lowest BCUT2D eigenvalue weighted by Gasteiger charge is -2.22. The highest BCUT2D eigenvalue weighted by atomic mass is 16.4. The quantitative estimate of drug-likeness (QED) is 0.560. The Bertz CT molecular complexity index is 423. The largest absolute Gasteiger partial charge is 0.479 e. The van der Waals surface area contributed by atoms with Crippen molar-refractivity contribution in [1.82, 2.24) is 4.90 Å². The highest BCUT2D eigenvalue weighted by Gasteiger charge is 2.64. The van der Waals surface area contributed by atoms with Crippen LogP contribution < -0.4 is 0 Å². The smallest absolute Gasteiger partial charge is 0.330 e.